The first kappa shape index (κ1) is 27.9. The van der Waals surface area contributed by atoms with Crippen molar-refractivity contribution in [1.29, 1.82) is 0 Å². The van der Waals surface area contributed by atoms with Crippen molar-refractivity contribution in [2.75, 3.05) is 19.0 Å². The van der Waals surface area contributed by atoms with Gasteiger partial charge in [-0.2, -0.15) is 0 Å². The van der Waals surface area contributed by atoms with Crippen molar-refractivity contribution in [2.45, 2.75) is 64.6 Å². The molecular formula is C29H36N4O4S. The maximum absolute atomic E-state index is 12.5. The molecule has 1 aliphatic carbocycles. The van der Waals surface area contributed by atoms with Gasteiger partial charge in [0.2, 0.25) is 5.95 Å². The highest BCUT2D eigenvalue weighted by atomic mass is 32.1. The van der Waals surface area contributed by atoms with Crippen LogP contribution in [-0.2, 0) is 19.9 Å². The Hall–Kier alpha value is -3.14. The van der Waals surface area contributed by atoms with Gasteiger partial charge in [-0.15, -0.1) is 11.3 Å². The maximum atomic E-state index is 12.5. The molecule has 4 rings (SSSR count). The number of thiazole rings is 1. The van der Waals surface area contributed by atoms with E-state index in [-0.39, 0.29) is 11.9 Å². The van der Waals surface area contributed by atoms with Crippen molar-refractivity contribution >= 4 is 35.0 Å². The minimum absolute atomic E-state index is 0.181. The third-order valence-electron chi connectivity index (χ3n) is 6.30. The molecule has 3 aromatic rings. The largest absolute Gasteiger partial charge is 0.460 e. The van der Waals surface area contributed by atoms with Crippen LogP contribution in [0.25, 0.3) is 16.5 Å². The fourth-order valence-corrected chi connectivity index (χ4v) is 5.52. The molecule has 0 atom stereocenters. The number of anilines is 2. The topological polar surface area (TPSA) is 106 Å². The first-order valence-electron chi connectivity index (χ1n) is 12.8. The van der Waals surface area contributed by atoms with E-state index in [2.05, 4.69) is 26.3 Å². The van der Waals surface area contributed by atoms with Gasteiger partial charge in [-0.05, 0) is 88.8 Å². The summed E-state index contributed by atoms with van der Waals surface area (Å²) in [6, 6.07) is 8.00. The zero-order valence-corrected chi connectivity index (χ0v) is 23.5. The normalized spacial score (nSPS) is 20.0. The Bertz CT molecular complexity index is 1290. The molecule has 0 spiro atoms. The third-order valence-corrected chi connectivity index (χ3v) is 7.54. The van der Waals surface area contributed by atoms with Gasteiger partial charge in [0.1, 0.15) is 16.2 Å². The first-order valence-corrected chi connectivity index (χ1v) is 13.7. The van der Waals surface area contributed by atoms with E-state index in [0.717, 1.165) is 27.4 Å². The first-order chi connectivity index (χ1) is 18.0. The van der Waals surface area contributed by atoms with Crippen molar-refractivity contribution in [2.24, 2.45) is 5.92 Å². The van der Waals surface area contributed by atoms with Crippen LogP contribution in [0.3, 0.4) is 0 Å². The number of nitrogens with zero attached hydrogens (tertiary/aromatic N) is 3. The Morgan fingerprint density at radius 2 is 2.00 bits per heavy atom. The second-order valence-corrected chi connectivity index (χ2v) is 11.8. The lowest BCUT2D eigenvalue weighted by atomic mass is 9.79. The second-order valence-electron chi connectivity index (χ2n) is 10.7. The van der Waals surface area contributed by atoms with Crippen LogP contribution < -0.4 is 5.32 Å². The van der Waals surface area contributed by atoms with Crippen LogP contribution in [0, 0.1) is 12.8 Å². The van der Waals surface area contributed by atoms with Crippen molar-refractivity contribution in [3.63, 3.8) is 0 Å². The second kappa shape index (κ2) is 11.7. The van der Waals surface area contributed by atoms with Gasteiger partial charge in [0.25, 0.3) is 0 Å². The summed E-state index contributed by atoms with van der Waals surface area (Å²) in [6.07, 6.45) is 9.45. The van der Waals surface area contributed by atoms with Crippen LogP contribution in [0.2, 0.25) is 0 Å². The number of aromatic nitrogens is 3. The Balaban J connectivity index is 1.46. The average Bonchev–Trinajstić information content (AvgIpc) is 3.35. The van der Waals surface area contributed by atoms with Crippen LogP contribution >= 0.6 is 11.3 Å². The number of aryl methyl sites for hydroxylation is 1. The SMILES string of the molecule is COCC=Cc1ccnc(Nc2cc(C)cc(-c3cnc(C4(O)CCC(C(=O)OC(C)(C)C)CC4)s3)c2)n1. The van der Waals surface area contributed by atoms with E-state index >= 15 is 0 Å². The molecule has 1 aliphatic rings. The molecule has 9 heteroatoms. The van der Waals surface area contributed by atoms with Gasteiger partial charge in [-0.3, -0.25) is 4.79 Å². The molecule has 0 amide bonds. The van der Waals surface area contributed by atoms with E-state index in [1.165, 1.54) is 11.3 Å². The van der Waals surface area contributed by atoms with Crippen molar-refractivity contribution in [1.82, 2.24) is 15.0 Å². The van der Waals surface area contributed by atoms with Crippen molar-refractivity contribution in [3.8, 4) is 10.4 Å². The summed E-state index contributed by atoms with van der Waals surface area (Å²) in [5, 5.41) is 15.4. The Kier molecular flexibility index (Phi) is 8.60. The van der Waals surface area contributed by atoms with Gasteiger partial charge >= 0.3 is 5.97 Å². The molecule has 8 nitrogen and oxygen atoms in total. The van der Waals surface area contributed by atoms with Crippen LogP contribution in [0.4, 0.5) is 11.6 Å². The summed E-state index contributed by atoms with van der Waals surface area (Å²) in [5.74, 6) is 0.136. The van der Waals surface area contributed by atoms with Crippen LogP contribution in [0.15, 0.2) is 42.7 Å². The zero-order chi connectivity index (χ0) is 27.3. The molecule has 0 aliphatic heterocycles. The molecule has 0 saturated heterocycles. The maximum Gasteiger partial charge on any atom is 0.309 e. The minimum Gasteiger partial charge on any atom is -0.460 e. The average molecular weight is 537 g/mol. The number of carbonyl (C=O) groups is 1. The smallest absolute Gasteiger partial charge is 0.309 e. The molecule has 0 unspecified atom stereocenters. The number of carbonyl (C=O) groups excluding carboxylic acids is 1. The third kappa shape index (κ3) is 7.24. The van der Waals surface area contributed by atoms with Gasteiger partial charge in [-0.1, -0.05) is 12.1 Å². The van der Waals surface area contributed by atoms with E-state index in [4.69, 9.17) is 9.47 Å². The van der Waals surface area contributed by atoms with Crippen molar-refractivity contribution in [3.05, 3.63) is 59.0 Å². The Labute approximate surface area is 228 Å². The lowest BCUT2D eigenvalue weighted by Gasteiger charge is -2.34. The number of hydrogen-bond donors (Lipinski definition) is 2. The highest BCUT2D eigenvalue weighted by Gasteiger charge is 2.40. The monoisotopic (exact) mass is 536 g/mol. The number of ether oxygens (including phenoxy) is 2. The number of rotatable bonds is 8. The molecule has 2 heterocycles. The number of esters is 1. The van der Waals surface area contributed by atoms with Crippen molar-refractivity contribution < 1.29 is 19.4 Å². The molecule has 1 fully saturated rings. The summed E-state index contributed by atoms with van der Waals surface area (Å²) >= 11 is 1.49. The Morgan fingerprint density at radius 1 is 1.24 bits per heavy atom. The quantitative estimate of drug-likeness (QED) is 0.336. The predicted octanol–water partition coefficient (Wildman–Crippen LogP) is 6.03. The lowest BCUT2D eigenvalue weighted by molar-refractivity contribution is -0.163. The highest BCUT2D eigenvalue weighted by molar-refractivity contribution is 7.15. The minimum atomic E-state index is -1.03. The standard InChI is InChI=1S/C29H36N4O4S/c1-19-15-21(17-23(16-19)33-27-30-13-10-22(32-27)7-6-14-36-5)24-18-31-26(38-24)29(35)11-8-20(9-12-29)25(34)37-28(2,3)4/h6-7,10,13,15-18,20,35H,8-9,11-12,14H2,1-5H3,(H,30,32,33). The summed E-state index contributed by atoms with van der Waals surface area (Å²) in [4.78, 5) is 26.9. The zero-order valence-electron chi connectivity index (χ0n) is 22.7. The number of nitrogens with one attached hydrogen (secondary N) is 1. The van der Waals surface area contributed by atoms with Gasteiger partial charge in [0.15, 0.2) is 0 Å². The molecule has 0 radical (unpaired) electrons. The fraction of sp³-hybridized carbons (Fsp3) is 0.448. The predicted molar refractivity (Wildman–Crippen MR) is 150 cm³/mol. The van der Waals surface area contributed by atoms with Crippen LogP contribution in [0.5, 0.6) is 0 Å². The van der Waals surface area contributed by atoms with Crippen LogP contribution in [0.1, 0.15) is 62.7 Å². The van der Waals surface area contributed by atoms with E-state index in [1.54, 1.807) is 13.3 Å². The molecule has 2 N–H and O–H groups in total. The molecule has 1 aromatic carbocycles. The molecule has 38 heavy (non-hydrogen) atoms. The Morgan fingerprint density at radius 3 is 2.71 bits per heavy atom. The lowest BCUT2D eigenvalue weighted by Crippen LogP contribution is -2.36. The van der Waals surface area contributed by atoms with E-state index in [0.29, 0.717) is 43.2 Å². The highest BCUT2D eigenvalue weighted by Crippen LogP contribution is 2.43. The van der Waals surface area contributed by atoms with Gasteiger partial charge in [0.05, 0.1) is 23.1 Å². The number of hydrogen-bond acceptors (Lipinski definition) is 9. The molecule has 1 saturated carbocycles. The summed E-state index contributed by atoms with van der Waals surface area (Å²) < 4.78 is 10.6. The van der Waals surface area contributed by atoms with E-state index < -0.39 is 11.2 Å². The molecular weight excluding hydrogens is 500 g/mol. The van der Waals surface area contributed by atoms with Crippen LogP contribution in [-0.4, -0.2) is 45.3 Å². The van der Waals surface area contributed by atoms with Gasteiger partial charge in [0, 0.05) is 25.2 Å². The van der Waals surface area contributed by atoms with Gasteiger partial charge < -0.3 is 19.9 Å². The summed E-state index contributed by atoms with van der Waals surface area (Å²) in [6.45, 7) is 8.18. The number of methoxy groups -OCH3 is 1. The summed E-state index contributed by atoms with van der Waals surface area (Å²) in [7, 11) is 1.65. The van der Waals surface area contributed by atoms with E-state index in [9.17, 15) is 9.90 Å². The fourth-order valence-electron chi connectivity index (χ4n) is 4.47. The number of aliphatic hydroxyl groups is 1. The van der Waals surface area contributed by atoms with E-state index in [1.807, 2.05) is 64.2 Å². The summed E-state index contributed by atoms with van der Waals surface area (Å²) in [5.41, 5.74) is 2.19. The van der Waals surface area contributed by atoms with Gasteiger partial charge in [-0.25, -0.2) is 15.0 Å². The molecule has 2 aromatic heterocycles. The number of benzene rings is 1. The molecule has 202 valence electrons. The molecule has 0 bridgehead atoms.